The summed E-state index contributed by atoms with van der Waals surface area (Å²) in [6.45, 7) is 11.9. The van der Waals surface area contributed by atoms with E-state index in [-0.39, 0.29) is 50.4 Å². The normalized spacial score (nSPS) is 24.6. The summed E-state index contributed by atoms with van der Waals surface area (Å²) < 4.78 is 12.8. The van der Waals surface area contributed by atoms with Crippen molar-refractivity contribution in [3.8, 4) is 0 Å². The van der Waals surface area contributed by atoms with Crippen molar-refractivity contribution in [3.63, 3.8) is 0 Å². The molecule has 0 aliphatic carbocycles. The Kier molecular flexibility index (Phi) is 11.2. The lowest BCUT2D eigenvalue weighted by Crippen LogP contribution is -2.56. The molecule has 0 unspecified atom stereocenters. The molecule has 256 valence electrons. The zero-order valence-corrected chi connectivity index (χ0v) is 27.9. The van der Waals surface area contributed by atoms with Gasteiger partial charge in [-0.15, -0.1) is 13.2 Å². The first-order valence-electron chi connectivity index (χ1n) is 16.9. The highest BCUT2D eigenvalue weighted by Crippen LogP contribution is 2.59. The molecule has 6 atom stereocenters. The van der Waals surface area contributed by atoms with Crippen LogP contribution in [-0.2, 0) is 28.7 Å². The second kappa shape index (κ2) is 15.3. The van der Waals surface area contributed by atoms with E-state index in [0.29, 0.717) is 37.7 Å². The number of likely N-dealkylation sites (tertiary alicyclic amines) is 1. The molecule has 2 aromatic carbocycles. The number of anilines is 1. The molecular weight excluding hydrogens is 610 g/mol. The zero-order chi connectivity index (χ0) is 34.4. The van der Waals surface area contributed by atoms with Gasteiger partial charge in [0.25, 0.3) is 5.91 Å². The lowest BCUT2D eigenvalue weighted by molar-refractivity contribution is -0.160. The molecular formula is C38H47N3O7. The number of nitrogens with one attached hydrogen (secondary N) is 1. The monoisotopic (exact) mass is 657 g/mol. The molecule has 5 rings (SSSR count). The summed E-state index contributed by atoms with van der Waals surface area (Å²) in [5.74, 6) is -3.20. The smallest absolute Gasteiger partial charge is 0.313 e. The predicted molar refractivity (Wildman–Crippen MR) is 182 cm³/mol. The highest BCUT2D eigenvalue weighted by molar-refractivity contribution is 6.05. The number of unbranched alkanes of at least 4 members (excludes halogenated alkanes) is 1. The van der Waals surface area contributed by atoms with Crippen molar-refractivity contribution in [2.75, 3.05) is 31.1 Å². The van der Waals surface area contributed by atoms with Crippen LogP contribution in [0.3, 0.4) is 0 Å². The molecule has 2 N–H and O–H groups in total. The summed E-state index contributed by atoms with van der Waals surface area (Å²) >= 11 is 0. The van der Waals surface area contributed by atoms with Crippen LogP contribution in [-0.4, -0.2) is 77.7 Å². The average molecular weight is 658 g/mol. The van der Waals surface area contributed by atoms with Crippen LogP contribution in [0.1, 0.15) is 61.3 Å². The fourth-order valence-electron chi connectivity index (χ4n) is 7.57. The molecule has 10 nitrogen and oxygen atoms in total. The largest absolute Gasteiger partial charge is 0.455 e. The first-order chi connectivity index (χ1) is 23.2. The second-order valence-corrected chi connectivity index (χ2v) is 13.0. The quantitative estimate of drug-likeness (QED) is 0.156. The maximum Gasteiger partial charge on any atom is 0.313 e. The number of aliphatic hydroxyl groups is 1. The van der Waals surface area contributed by atoms with Crippen LogP contribution in [0.15, 0.2) is 73.8 Å². The summed E-state index contributed by atoms with van der Waals surface area (Å²) in [7, 11) is 0. The maximum atomic E-state index is 14.8. The van der Waals surface area contributed by atoms with Gasteiger partial charge < -0.3 is 29.7 Å². The molecule has 3 amide bonds. The number of aliphatic hydroxyl groups excluding tert-OH is 1. The van der Waals surface area contributed by atoms with Crippen LogP contribution in [0, 0.1) is 25.7 Å². The first kappa shape index (κ1) is 35.0. The minimum Gasteiger partial charge on any atom is -0.455 e. The number of carbonyl (C=O) groups excluding carboxylic acids is 4. The van der Waals surface area contributed by atoms with Crippen LogP contribution in [0.4, 0.5) is 5.69 Å². The highest BCUT2D eigenvalue weighted by atomic mass is 16.6. The Balaban J connectivity index is 1.46. The van der Waals surface area contributed by atoms with E-state index in [0.717, 1.165) is 16.8 Å². The molecule has 3 fully saturated rings. The molecule has 0 aromatic heterocycles. The molecule has 2 bridgehead atoms. The van der Waals surface area contributed by atoms with Gasteiger partial charge in [-0.25, -0.2) is 0 Å². The summed E-state index contributed by atoms with van der Waals surface area (Å²) in [5, 5.41) is 12.4. The summed E-state index contributed by atoms with van der Waals surface area (Å²) in [5.41, 5.74) is 2.12. The fraction of sp³-hybridized carbons (Fsp3) is 0.474. The Morgan fingerprint density at radius 3 is 2.62 bits per heavy atom. The van der Waals surface area contributed by atoms with Crippen molar-refractivity contribution in [1.29, 1.82) is 0 Å². The second-order valence-electron chi connectivity index (χ2n) is 13.0. The fourth-order valence-corrected chi connectivity index (χ4v) is 7.57. The standard InChI is InChI=1S/C38H47N3O7/c1-5-7-15-31(43)39-24-30(27-13-9-8-10-14-27)47-37(46)32-29-18-19-38(48-29)33(32)35(44)41(21-11-12-22-42)34(38)36(45)40(20-6-2)28-23-25(3)16-17-26(28)4/h5-6,8-10,13-14,16-17,23,29-30,32-34,42H,1-2,7,11-12,15,18-22,24H2,3-4H3,(H,39,43)/t29-,30+,32+,33+,34-,38+/m0/s1. The molecule has 3 heterocycles. The van der Waals surface area contributed by atoms with Crippen molar-refractivity contribution in [2.45, 2.75) is 76.2 Å². The van der Waals surface area contributed by atoms with Crippen molar-refractivity contribution in [2.24, 2.45) is 11.8 Å². The van der Waals surface area contributed by atoms with E-state index in [1.807, 2.05) is 62.4 Å². The number of ether oxygens (including phenoxy) is 2. The molecule has 3 saturated heterocycles. The average Bonchev–Trinajstić information content (AvgIpc) is 3.73. The van der Waals surface area contributed by atoms with Crippen LogP contribution in [0.2, 0.25) is 0 Å². The van der Waals surface area contributed by atoms with Gasteiger partial charge in [0, 0.05) is 31.8 Å². The van der Waals surface area contributed by atoms with E-state index >= 15 is 0 Å². The van der Waals surface area contributed by atoms with Gasteiger partial charge in [0.05, 0.1) is 24.5 Å². The molecule has 0 radical (unpaired) electrons. The van der Waals surface area contributed by atoms with Crippen molar-refractivity contribution in [1.82, 2.24) is 10.2 Å². The molecule has 3 aliphatic rings. The van der Waals surface area contributed by atoms with Crippen LogP contribution >= 0.6 is 0 Å². The van der Waals surface area contributed by atoms with Crippen LogP contribution in [0.25, 0.3) is 0 Å². The Morgan fingerprint density at radius 1 is 1.15 bits per heavy atom. The third-order valence-corrected chi connectivity index (χ3v) is 9.84. The number of hydrogen-bond acceptors (Lipinski definition) is 7. The number of rotatable bonds is 16. The molecule has 48 heavy (non-hydrogen) atoms. The molecule has 3 aliphatic heterocycles. The highest BCUT2D eigenvalue weighted by Gasteiger charge is 2.75. The third kappa shape index (κ3) is 6.82. The summed E-state index contributed by atoms with van der Waals surface area (Å²) in [6, 6.07) is 14.1. The molecule has 2 aromatic rings. The molecule has 0 saturated carbocycles. The zero-order valence-electron chi connectivity index (χ0n) is 27.9. The van der Waals surface area contributed by atoms with E-state index in [1.165, 1.54) is 0 Å². The number of amides is 3. The Morgan fingerprint density at radius 2 is 1.92 bits per heavy atom. The van der Waals surface area contributed by atoms with Crippen molar-refractivity contribution in [3.05, 3.63) is 90.5 Å². The van der Waals surface area contributed by atoms with Crippen LogP contribution in [0.5, 0.6) is 0 Å². The minimum absolute atomic E-state index is 0.0428. The maximum absolute atomic E-state index is 14.8. The number of hydrogen-bond donors (Lipinski definition) is 2. The Labute approximate surface area is 282 Å². The van der Waals surface area contributed by atoms with E-state index in [2.05, 4.69) is 18.5 Å². The van der Waals surface area contributed by atoms with E-state index in [4.69, 9.17) is 9.47 Å². The first-order valence-corrected chi connectivity index (χ1v) is 16.9. The summed E-state index contributed by atoms with van der Waals surface area (Å²) in [4.78, 5) is 59.0. The van der Waals surface area contributed by atoms with Crippen molar-refractivity contribution >= 4 is 29.4 Å². The molecule has 1 spiro atoms. The van der Waals surface area contributed by atoms with E-state index in [1.54, 1.807) is 22.0 Å². The lowest BCUT2D eigenvalue weighted by Gasteiger charge is -2.37. The van der Waals surface area contributed by atoms with Gasteiger partial charge in [-0.1, -0.05) is 54.6 Å². The van der Waals surface area contributed by atoms with Gasteiger partial charge in [0.1, 0.15) is 17.7 Å². The molecule has 10 heteroatoms. The van der Waals surface area contributed by atoms with Crippen molar-refractivity contribution < 1.29 is 33.8 Å². The number of esters is 1. The third-order valence-electron chi connectivity index (χ3n) is 9.84. The number of allylic oxidation sites excluding steroid dienone is 1. The van der Waals surface area contributed by atoms with Gasteiger partial charge >= 0.3 is 5.97 Å². The lowest BCUT2D eigenvalue weighted by atomic mass is 9.70. The Bertz CT molecular complexity index is 1530. The number of fused-ring (bicyclic) bond motifs is 1. The minimum atomic E-state index is -1.21. The van der Waals surface area contributed by atoms with Gasteiger partial charge in [0.15, 0.2) is 0 Å². The summed E-state index contributed by atoms with van der Waals surface area (Å²) in [6.07, 6.45) is 4.63. The van der Waals surface area contributed by atoms with Gasteiger partial charge in [-0.05, 0) is 68.7 Å². The van der Waals surface area contributed by atoms with Crippen LogP contribution < -0.4 is 10.2 Å². The number of aryl methyl sites for hydroxylation is 2. The van der Waals surface area contributed by atoms with Gasteiger partial charge in [0.2, 0.25) is 11.8 Å². The topological polar surface area (TPSA) is 125 Å². The number of nitrogens with zero attached hydrogens (tertiary/aromatic N) is 2. The SMILES string of the molecule is C=CCCC(=O)NC[C@@H](OC(=O)[C@@H]1[C@@H]2CC[C@]3(O2)[C@H](C(=O)N(CC=C)c2cc(C)ccc2C)N(CCCCO)C(=O)[C@@H]13)c1ccccc1. The van der Waals surface area contributed by atoms with E-state index < -0.39 is 41.7 Å². The number of benzene rings is 2. The predicted octanol–water partition coefficient (Wildman–Crippen LogP) is 4.34. The van der Waals surface area contributed by atoms with Gasteiger partial charge in [-0.2, -0.15) is 0 Å². The number of carbonyl (C=O) groups is 4. The van der Waals surface area contributed by atoms with E-state index in [9.17, 15) is 24.3 Å². The Hall–Kier alpha value is -4.28. The van der Waals surface area contributed by atoms with Gasteiger partial charge in [-0.3, -0.25) is 19.2 Å².